The normalized spacial score (nSPS) is 8.73. The van der Waals surface area contributed by atoms with Crippen LogP contribution in [0.25, 0.3) is 0 Å². The highest BCUT2D eigenvalue weighted by molar-refractivity contribution is 7.94. The SMILES string of the molecule is C.C.C[N+](C)(C)C.C[S+](C)C. The van der Waals surface area contributed by atoms with Gasteiger partial charge in [0.15, 0.2) is 0 Å². The van der Waals surface area contributed by atoms with E-state index in [2.05, 4.69) is 47.0 Å². The summed E-state index contributed by atoms with van der Waals surface area (Å²) in [7, 11) is 9.14. The highest BCUT2D eigenvalue weighted by Gasteiger charge is 1.88. The van der Waals surface area contributed by atoms with Crippen molar-refractivity contribution in [1.29, 1.82) is 0 Å². The third kappa shape index (κ3) is 7410. The van der Waals surface area contributed by atoms with Gasteiger partial charge in [0.1, 0.15) is 0 Å². The van der Waals surface area contributed by atoms with Crippen molar-refractivity contribution in [2.24, 2.45) is 0 Å². The van der Waals surface area contributed by atoms with E-state index in [-0.39, 0.29) is 14.9 Å². The molecule has 0 aliphatic rings. The second-order valence-corrected chi connectivity index (χ2v) is 6.36. The number of hydrogen-bond acceptors (Lipinski definition) is 0. The lowest BCUT2D eigenvalue weighted by atomic mass is 10.8. The maximum atomic E-state index is 2.19. The molecule has 0 bridgehead atoms. The number of nitrogens with zero attached hydrogens (tertiary/aromatic N) is 1. The van der Waals surface area contributed by atoms with E-state index >= 15 is 0 Å². The van der Waals surface area contributed by atoms with Crippen LogP contribution in [-0.4, -0.2) is 51.4 Å². The fourth-order valence-electron chi connectivity index (χ4n) is 0. The fourth-order valence-corrected chi connectivity index (χ4v) is 0. The van der Waals surface area contributed by atoms with Gasteiger partial charge in [-0.05, 0) is 10.9 Å². The maximum absolute atomic E-state index is 2.19. The Balaban J connectivity index is -0.0000000383. The molecule has 11 heavy (non-hydrogen) atoms. The molecule has 0 radical (unpaired) electrons. The molecule has 0 amide bonds. The largest absolute Gasteiger partial charge is 0.333 e. The van der Waals surface area contributed by atoms with Crippen molar-refractivity contribution in [1.82, 2.24) is 0 Å². The summed E-state index contributed by atoms with van der Waals surface area (Å²) in [5.74, 6) is 0. The molecule has 0 heterocycles. The van der Waals surface area contributed by atoms with Gasteiger partial charge in [-0.2, -0.15) is 0 Å². The van der Waals surface area contributed by atoms with Crippen LogP contribution >= 0.6 is 0 Å². The summed E-state index contributed by atoms with van der Waals surface area (Å²) in [5, 5.41) is 0. The Hall–Kier alpha value is 0.310. The number of hydrogen-bond donors (Lipinski definition) is 0. The standard InChI is InChI=1S/C4H12N.C3H9S.2CH4/c1-5(2,3)4;1-4(2)3;;/h1-4H3;1-3H3;2*1H4/q2*+1;;. The van der Waals surface area contributed by atoms with Crippen LogP contribution in [0.5, 0.6) is 0 Å². The lowest BCUT2D eigenvalue weighted by Gasteiger charge is -2.14. The van der Waals surface area contributed by atoms with Crippen molar-refractivity contribution in [2.75, 3.05) is 47.0 Å². The van der Waals surface area contributed by atoms with E-state index in [4.69, 9.17) is 0 Å². The Kier molecular flexibility index (Phi) is 21.1. The number of rotatable bonds is 0. The first-order valence-electron chi connectivity index (χ1n) is 3.01. The summed E-state index contributed by atoms with van der Waals surface area (Å²) < 4.78 is 1.00. The third-order valence-electron chi connectivity index (χ3n) is 0. The third-order valence-corrected chi connectivity index (χ3v) is 0. The van der Waals surface area contributed by atoms with E-state index in [1.165, 1.54) is 0 Å². The van der Waals surface area contributed by atoms with Crippen molar-refractivity contribution >= 4 is 10.9 Å². The van der Waals surface area contributed by atoms with Crippen LogP contribution in [0.2, 0.25) is 0 Å². The minimum atomic E-state index is 0. The van der Waals surface area contributed by atoms with E-state index in [0.29, 0.717) is 10.9 Å². The maximum Gasteiger partial charge on any atom is 0.0969 e. The van der Waals surface area contributed by atoms with Crippen LogP contribution in [0.15, 0.2) is 0 Å². The summed E-state index contributed by atoms with van der Waals surface area (Å²) in [6.07, 6.45) is 6.58. The molecular weight excluding hydrogens is 154 g/mol. The van der Waals surface area contributed by atoms with Gasteiger partial charge in [-0.15, -0.1) is 0 Å². The van der Waals surface area contributed by atoms with Crippen LogP contribution in [0, 0.1) is 0 Å². The Labute approximate surface area is 77.7 Å². The molecule has 0 aliphatic carbocycles. The second-order valence-electron chi connectivity index (χ2n) is 3.91. The molecule has 0 saturated heterocycles. The molecule has 2 heteroatoms. The van der Waals surface area contributed by atoms with Gasteiger partial charge in [0, 0.05) is 0 Å². The van der Waals surface area contributed by atoms with Crippen molar-refractivity contribution in [3.8, 4) is 0 Å². The molecule has 0 rings (SSSR count). The van der Waals surface area contributed by atoms with Crippen molar-refractivity contribution in [3.05, 3.63) is 0 Å². The van der Waals surface area contributed by atoms with Crippen molar-refractivity contribution in [2.45, 2.75) is 14.9 Å². The van der Waals surface area contributed by atoms with Gasteiger partial charge in [0.05, 0.1) is 47.0 Å². The van der Waals surface area contributed by atoms with Crippen LogP contribution in [0.1, 0.15) is 14.9 Å². The van der Waals surface area contributed by atoms with Gasteiger partial charge in [-0.1, -0.05) is 14.9 Å². The van der Waals surface area contributed by atoms with Crippen molar-refractivity contribution < 1.29 is 4.48 Å². The molecule has 0 fully saturated rings. The first-order chi connectivity index (χ1) is 3.73. The monoisotopic (exact) mass is 183 g/mol. The zero-order valence-corrected chi connectivity index (χ0v) is 8.67. The van der Waals surface area contributed by atoms with Gasteiger partial charge >= 0.3 is 0 Å². The summed E-state index contributed by atoms with van der Waals surface area (Å²) in [4.78, 5) is 0. The minimum absolute atomic E-state index is 0. The first kappa shape index (κ1) is 22.5. The van der Waals surface area contributed by atoms with Gasteiger partial charge < -0.3 is 4.48 Å². The topological polar surface area (TPSA) is 0 Å². The Bertz CT molecular complexity index is 46.3. The molecule has 0 aromatic carbocycles. The molecule has 0 aromatic rings. The summed E-state index contributed by atoms with van der Waals surface area (Å²) in [6, 6.07) is 0. The van der Waals surface area contributed by atoms with Gasteiger partial charge in [-0.3, -0.25) is 0 Å². The van der Waals surface area contributed by atoms with E-state index in [0.717, 1.165) is 4.48 Å². The highest BCUT2D eigenvalue weighted by atomic mass is 32.2. The molecular formula is C9H29NS+2. The summed E-state index contributed by atoms with van der Waals surface area (Å²) >= 11 is 0. The average Bonchev–Trinajstić information content (AvgIpc) is 1.19. The average molecular weight is 183 g/mol. The highest BCUT2D eigenvalue weighted by Crippen LogP contribution is 1.73. The van der Waals surface area contributed by atoms with E-state index in [9.17, 15) is 0 Å². The predicted octanol–water partition coefficient (Wildman–Crippen LogP) is 2.09. The quantitative estimate of drug-likeness (QED) is 0.398. The number of quaternary nitrogens is 1. The molecule has 1 nitrogen and oxygen atoms in total. The zero-order valence-electron chi connectivity index (χ0n) is 7.86. The summed E-state index contributed by atoms with van der Waals surface area (Å²) in [6.45, 7) is 0. The van der Waals surface area contributed by atoms with E-state index in [1.807, 2.05) is 0 Å². The molecule has 0 aliphatic heterocycles. The van der Waals surface area contributed by atoms with Crippen LogP contribution in [0.4, 0.5) is 0 Å². The van der Waals surface area contributed by atoms with Crippen LogP contribution in [0.3, 0.4) is 0 Å². The Morgan fingerprint density at radius 1 is 0.727 bits per heavy atom. The van der Waals surface area contributed by atoms with Gasteiger partial charge in [-0.25, -0.2) is 0 Å². The predicted molar refractivity (Wildman–Crippen MR) is 62.6 cm³/mol. The Morgan fingerprint density at radius 2 is 0.727 bits per heavy atom. The second kappa shape index (κ2) is 10.3. The molecule has 0 atom stereocenters. The zero-order chi connectivity index (χ0) is 8.08. The van der Waals surface area contributed by atoms with Crippen LogP contribution < -0.4 is 0 Å². The van der Waals surface area contributed by atoms with Crippen molar-refractivity contribution in [3.63, 3.8) is 0 Å². The van der Waals surface area contributed by atoms with Gasteiger partial charge in [0.25, 0.3) is 0 Å². The molecule has 74 valence electrons. The minimum Gasteiger partial charge on any atom is -0.333 e. The molecule has 0 spiro atoms. The fraction of sp³-hybridized carbons (Fsp3) is 1.00. The van der Waals surface area contributed by atoms with E-state index < -0.39 is 0 Å². The molecule has 0 N–H and O–H groups in total. The van der Waals surface area contributed by atoms with E-state index in [1.54, 1.807) is 0 Å². The van der Waals surface area contributed by atoms with Crippen LogP contribution in [-0.2, 0) is 10.9 Å². The molecule has 0 unspecified atom stereocenters. The molecule has 0 saturated carbocycles. The smallest absolute Gasteiger partial charge is 0.0969 e. The first-order valence-corrected chi connectivity index (χ1v) is 5.46. The summed E-state index contributed by atoms with van der Waals surface area (Å²) in [5.41, 5.74) is 0. The Morgan fingerprint density at radius 3 is 0.727 bits per heavy atom. The lowest BCUT2D eigenvalue weighted by Crippen LogP contribution is -2.27. The lowest BCUT2D eigenvalue weighted by molar-refractivity contribution is -0.849. The van der Waals surface area contributed by atoms with Gasteiger partial charge in [0.2, 0.25) is 0 Å². The molecule has 0 aromatic heterocycles.